The van der Waals surface area contributed by atoms with Gasteiger partial charge in [-0.1, -0.05) is 53.7 Å². The second-order valence-electron chi connectivity index (χ2n) is 9.82. The van der Waals surface area contributed by atoms with Crippen molar-refractivity contribution in [3.05, 3.63) is 47.1 Å². The minimum absolute atomic E-state index is 0.0159. The number of nitrogens with one attached hydrogen (secondary N) is 1. The zero-order valence-electron chi connectivity index (χ0n) is 22.4. The first-order valence-corrected chi connectivity index (χ1v) is 13.9. The normalized spacial score (nSPS) is 15.8. The predicted molar refractivity (Wildman–Crippen MR) is 150 cm³/mol. The van der Waals surface area contributed by atoms with Crippen LogP contribution in [0.4, 0.5) is 10.6 Å². The number of aromatic nitrogens is 2. The summed E-state index contributed by atoms with van der Waals surface area (Å²) in [4.78, 5) is 42.6. The molecule has 1 aliphatic heterocycles. The third-order valence-corrected chi connectivity index (χ3v) is 7.02. The lowest BCUT2D eigenvalue weighted by Crippen LogP contribution is -2.57. The molecule has 1 unspecified atom stereocenters. The van der Waals surface area contributed by atoms with Gasteiger partial charge in [-0.25, -0.2) is 14.8 Å². The molecule has 0 saturated carbocycles. The molecular weight excluding hydrogens is 510 g/mol. The predicted octanol–water partition coefficient (Wildman–Crippen LogP) is 3.44. The number of nitrogens with zero attached hydrogens (tertiary/aromatic N) is 6. The molecule has 0 spiro atoms. The van der Waals surface area contributed by atoms with Gasteiger partial charge < -0.3 is 24.9 Å². The van der Waals surface area contributed by atoms with Crippen LogP contribution in [0.2, 0.25) is 5.15 Å². The van der Waals surface area contributed by atoms with Crippen LogP contribution in [0.1, 0.15) is 26.3 Å². The van der Waals surface area contributed by atoms with Crippen LogP contribution in [-0.2, 0) is 11.3 Å². The Labute approximate surface area is 229 Å². The molecule has 2 heterocycles. The fraction of sp³-hybridized carbons (Fsp3) is 0.538. The fourth-order valence-electron chi connectivity index (χ4n) is 4.04. The van der Waals surface area contributed by atoms with Crippen molar-refractivity contribution in [1.82, 2.24) is 30.0 Å². The molecule has 1 aromatic heterocycles. The highest BCUT2D eigenvalue weighted by Crippen LogP contribution is 2.24. The molecule has 3 amide bonds. The molecule has 1 N–H and O–H groups in total. The van der Waals surface area contributed by atoms with Gasteiger partial charge >= 0.3 is 6.03 Å². The number of urea groups is 1. The van der Waals surface area contributed by atoms with Crippen LogP contribution in [0.15, 0.2) is 41.6 Å². The number of hydrogen-bond acceptors (Lipinski definition) is 7. The highest BCUT2D eigenvalue weighted by Gasteiger charge is 2.29. The molecule has 2 aromatic rings. The van der Waals surface area contributed by atoms with Gasteiger partial charge in [0.15, 0.2) is 5.16 Å². The lowest BCUT2D eigenvalue weighted by Gasteiger charge is -2.40. The molecule has 0 bridgehead atoms. The summed E-state index contributed by atoms with van der Waals surface area (Å²) in [7, 11) is 4.00. The van der Waals surface area contributed by atoms with E-state index < -0.39 is 0 Å². The third kappa shape index (κ3) is 9.05. The van der Waals surface area contributed by atoms with Crippen LogP contribution in [0.5, 0.6) is 0 Å². The molecule has 0 aliphatic carbocycles. The molecule has 1 aliphatic rings. The summed E-state index contributed by atoms with van der Waals surface area (Å²) in [6, 6.07) is 11.8. The second-order valence-corrected chi connectivity index (χ2v) is 11.1. The number of rotatable bonds is 10. The van der Waals surface area contributed by atoms with E-state index in [9.17, 15) is 9.59 Å². The van der Waals surface area contributed by atoms with Crippen molar-refractivity contribution in [3.63, 3.8) is 0 Å². The third-order valence-electron chi connectivity index (χ3n) is 6.00. The van der Waals surface area contributed by atoms with Crippen LogP contribution in [-0.4, -0.2) is 101 Å². The van der Waals surface area contributed by atoms with Gasteiger partial charge in [0.05, 0.1) is 5.75 Å². The number of carbonyl (C=O) groups is 2. The quantitative estimate of drug-likeness (QED) is 0.277. The molecule has 37 heavy (non-hydrogen) atoms. The van der Waals surface area contributed by atoms with E-state index >= 15 is 0 Å². The van der Waals surface area contributed by atoms with E-state index in [0.717, 1.165) is 12.1 Å². The van der Waals surface area contributed by atoms with Crippen molar-refractivity contribution < 1.29 is 9.59 Å². The molecule has 1 fully saturated rings. The first kappa shape index (κ1) is 29.0. The maximum atomic E-state index is 13.2. The van der Waals surface area contributed by atoms with Gasteiger partial charge in [0, 0.05) is 57.4 Å². The molecule has 9 nitrogen and oxygen atoms in total. The standard InChI is InChI=1S/C26H38ClN7O2S/c1-19(2)28-26(36)34-14-13-32(16-20(34)3)23-15-22(27)29-25(30-23)37-18-24(35)33(12-11-31(4)5)17-21-9-7-6-8-10-21/h6-10,15,19-20H,11-14,16-18H2,1-5H3,(H,28,36). The van der Waals surface area contributed by atoms with Gasteiger partial charge in [-0.05, 0) is 40.4 Å². The van der Waals surface area contributed by atoms with Crippen molar-refractivity contribution in [2.45, 2.75) is 44.6 Å². The molecule has 3 rings (SSSR count). The van der Waals surface area contributed by atoms with E-state index in [2.05, 4.69) is 20.1 Å². The van der Waals surface area contributed by atoms with Crippen molar-refractivity contribution >= 4 is 41.1 Å². The summed E-state index contributed by atoms with van der Waals surface area (Å²) in [5.41, 5.74) is 1.09. The fourth-order valence-corrected chi connectivity index (χ4v) is 5.03. The second kappa shape index (κ2) is 13.8. The van der Waals surface area contributed by atoms with Gasteiger partial charge in [0.25, 0.3) is 0 Å². The lowest BCUT2D eigenvalue weighted by molar-refractivity contribution is -0.129. The molecule has 1 saturated heterocycles. The number of thioether (sulfide) groups is 1. The van der Waals surface area contributed by atoms with Crippen molar-refractivity contribution in [2.24, 2.45) is 0 Å². The summed E-state index contributed by atoms with van der Waals surface area (Å²) in [6.45, 7) is 9.77. The van der Waals surface area contributed by atoms with Crippen LogP contribution in [0.3, 0.4) is 0 Å². The zero-order valence-corrected chi connectivity index (χ0v) is 23.9. The Morgan fingerprint density at radius 1 is 1.16 bits per heavy atom. The number of halogens is 1. The van der Waals surface area contributed by atoms with E-state index in [1.165, 1.54) is 11.8 Å². The number of piperazine rings is 1. The minimum atomic E-state index is -0.0491. The summed E-state index contributed by atoms with van der Waals surface area (Å²) in [6.07, 6.45) is 0. The first-order chi connectivity index (χ1) is 17.6. The largest absolute Gasteiger partial charge is 0.353 e. The lowest BCUT2D eigenvalue weighted by atomic mass is 10.2. The van der Waals surface area contributed by atoms with Crippen LogP contribution < -0.4 is 10.2 Å². The minimum Gasteiger partial charge on any atom is -0.353 e. The highest BCUT2D eigenvalue weighted by molar-refractivity contribution is 7.99. The summed E-state index contributed by atoms with van der Waals surface area (Å²) >= 11 is 7.64. The average molecular weight is 548 g/mol. The monoisotopic (exact) mass is 547 g/mol. The number of likely N-dealkylation sites (N-methyl/N-ethyl adjacent to an activating group) is 1. The topological polar surface area (TPSA) is 84.9 Å². The van der Waals surface area contributed by atoms with E-state index in [4.69, 9.17) is 16.6 Å². The summed E-state index contributed by atoms with van der Waals surface area (Å²) in [5, 5.41) is 3.77. The summed E-state index contributed by atoms with van der Waals surface area (Å²) in [5.74, 6) is 0.957. The molecule has 0 radical (unpaired) electrons. The van der Waals surface area contributed by atoms with Crippen molar-refractivity contribution in [1.29, 1.82) is 0 Å². The maximum Gasteiger partial charge on any atom is 0.317 e. The number of hydrogen-bond donors (Lipinski definition) is 1. The Bertz CT molecular complexity index is 1040. The van der Waals surface area contributed by atoms with Crippen molar-refractivity contribution in [2.75, 3.05) is 57.5 Å². The van der Waals surface area contributed by atoms with E-state index in [1.54, 1.807) is 6.07 Å². The average Bonchev–Trinajstić information content (AvgIpc) is 2.84. The maximum absolute atomic E-state index is 13.2. The molecule has 1 aromatic carbocycles. The van der Waals surface area contributed by atoms with E-state index in [0.29, 0.717) is 48.9 Å². The Morgan fingerprint density at radius 3 is 2.54 bits per heavy atom. The number of benzene rings is 1. The molecule has 1 atom stereocenters. The number of amides is 3. The molecular formula is C26H38ClN7O2S. The Kier molecular flexibility index (Phi) is 10.8. The highest BCUT2D eigenvalue weighted by atomic mass is 35.5. The van der Waals surface area contributed by atoms with Gasteiger partial charge in [0.2, 0.25) is 5.91 Å². The van der Waals surface area contributed by atoms with Gasteiger partial charge in [-0.3, -0.25) is 4.79 Å². The smallest absolute Gasteiger partial charge is 0.317 e. The zero-order chi connectivity index (χ0) is 26.9. The van der Waals surface area contributed by atoms with Gasteiger partial charge in [-0.15, -0.1) is 0 Å². The Hall–Kier alpha value is -2.56. The molecule has 202 valence electrons. The van der Waals surface area contributed by atoms with E-state index in [1.807, 2.05) is 75.0 Å². The van der Waals surface area contributed by atoms with Crippen LogP contribution >= 0.6 is 23.4 Å². The Balaban J connectivity index is 1.63. The SMILES string of the molecule is CC(C)NC(=O)N1CCN(c2cc(Cl)nc(SCC(=O)N(CCN(C)C)Cc3ccccc3)n2)CC1C. The van der Waals surface area contributed by atoms with E-state index in [-0.39, 0.29) is 29.8 Å². The Morgan fingerprint density at radius 2 is 1.89 bits per heavy atom. The van der Waals surface area contributed by atoms with Gasteiger partial charge in [0.1, 0.15) is 11.0 Å². The van der Waals surface area contributed by atoms with Crippen LogP contribution in [0, 0.1) is 0 Å². The summed E-state index contributed by atoms with van der Waals surface area (Å²) < 4.78 is 0. The van der Waals surface area contributed by atoms with Crippen molar-refractivity contribution in [3.8, 4) is 0 Å². The number of carbonyl (C=O) groups excluding carboxylic acids is 2. The first-order valence-electron chi connectivity index (χ1n) is 12.6. The molecule has 11 heteroatoms. The number of anilines is 1. The van der Waals surface area contributed by atoms with Gasteiger partial charge in [-0.2, -0.15) is 0 Å². The van der Waals surface area contributed by atoms with Crippen LogP contribution in [0.25, 0.3) is 0 Å².